The second kappa shape index (κ2) is 8.12. The van der Waals surface area contributed by atoms with Crippen molar-refractivity contribution in [3.63, 3.8) is 0 Å². The highest BCUT2D eigenvalue weighted by molar-refractivity contribution is 5.96. The Hall–Kier alpha value is -2.70. The maximum Gasteiger partial charge on any atom is 0.273 e. The number of piperidine rings is 1. The topological polar surface area (TPSA) is 80.1 Å². The van der Waals surface area contributed by atoms with Gasteiger partial charge in [-0.05, 0) is 57.1 Å². The molecule has 2 heterocycles. The van der Waals surface area contributed by atoms with Crippen LogP contribution in [0.5, 0.6) is 0 Å². The van der Waals surface area contributed by atoms with E-state index in [0.29, 0.717) is 18.3 Å². The van der Waals surface area contributed by atoms with Gasteiger partial charge in [0.15, 0.2) is 5.69 Å². The number of likely N-dealkylation sites (tertiary alicyclic amines) is 1. The molecule has 148 valence electrons. The molecule has 4 rings (SSSR count). The number of nitrogens with one attached hydrogen (secondary N) is 1. The minimum atomic E-state index is -0.150. The molecular weight excluding hydrogens is 354 g/mol. The van der Waals surface area contributed by atoms with Gasteiger partial charge in [0.1, 0.15) is 0 Å². The Morgan fingerprint density at radius 2 is 2.00 bits per heavy atom. The molecule has 1 aliphatic heterocycles. The van der Waals surface area contributed by atoms with E-state index in [4.69, 9.17) is 0 Å². The number of rotatable bonds is 6. The highest BCUT2D eigenvalue weighted by Crippen LogP contribution is 2.24. The fourth-order valence-corrected chi connectivity index (χ4v) is 3.82. The van der Waals surface area contributed by atoms with E-state index in [0.717, 1.165) is 56.2 Å². The molecule has 0 bridgehead atoms. The standard InChI is InChI=1S/C21H27N5O2/c1-15-6-2-3-8-18(15)21(28)26-12-5-4-7-17(26)11-13-25-14-19(23-24-25)20(27)22-16-9-10-16/h2-3,6,8,14,16-17H,4-5,7,9-13H2,1H3,(H,22,27)/t17-/m1/s1. The first-order chi connectivity index (χ1) is 13.6. The van der Waals surface area contributed by atoms with E-state index in [-0.39, 0.29) is 17.9 Å². The fraction of sp³-hybridized carbons (Fsp3) is 0.524. The number of carbonyl (C=O) groups excluding carboxylic acids is 2. The largest absolute Gasteiger partial charge is 0.348 e. The number of carbonyl (C=O) groups is 2. The van der Waals surface area contributed by atoms with Crippen LogP contribution in [0.15, 0.2) is 30.5 Å². The van der Waals surface area contributed by atoms with E-state index >= 15 is 0 Å². The molecule has 1 saturated carbocycles. The molecule has 2 aliphatic rings. The molecule has 2 amide bonds. The van der Waals surface area contributed by atoms with Crippen LogP contribution in [0.25, 0.3) is 0 Å². The van der Waals surface area contributed by atoms with E-state index in [1.54, 1.807) is 10.9 Å². The molecule has 7 heteroatoms. The summed E-state index contributed by atoms with van der Waals surface area (Å²) in [4.78, 5) is 27.2. The molecule has 2 aromatic rings. The second-order valence-corrected chi connectivity index (χ2v) is 7.87. The molecule has 2 fully saturated rings. The zero-order valence-corrected chi connectivity index (χ0v) is 16.3. The zero-order valence-electron chi connectivity index (χ0n) is 16.3. The predicted octanol–water partition coefficient (Wildman–Crippen LogP) is 2.56. The third kappa shape index (κ3) is 4.24. The Morgan fingerprint density at radius 1 is 1.18 bits per heavy atom. The normalized spacial score (nSPS) is 19.5. The van der Waals surface area contributed by atoms with Crippen molar-refractivity contribution in [1.29, 1.82) is 0 Å². The molecule has 1 aliphatic carbocycles. The summed E-state index contributed by atoms with van der Waals surface area (Å²) in [6.45, 7) is 3.42. The number of hydrogen-bond donors (Lipinski definition) is 1. The van der Waals surface area contributed by atoms with Gasteiger partial charge >= 0.3 is 0 Å². The number of aryl methyl sites for hydroxylation is 2. The summed E-state index contributed by atoms with van der Waals surface area (Å²) >= 11 is 0. The van der Waals surface area contributed by atoms with Crippen LogP contribution < -0.4 is 5.32 Å². The van der Waals surface area contributed by atoms with Crippen molar-refractivity contribution in [2.45, 2.75) is 64.1 Å². The Bertz CT molecular complexity index is 858. The van der Waals surface area contributed by atoms with Crippen LogP contribution in [-0.2, 0) is 6.54 Å². The quantitative estimate of drug-likeness (QED) is 0.834. The highest BCUT2D eigenvalue weighted by Gasteiger charge is 2.28. The number of nitrogens with zero attached hydrogens (tertiary/aromatic N) is 4. The van der Waals surface area contributed by atoms with Gasteiger partial charge in [-0.3, -0.25) is 14.3 Å². The van der Waals surface area contributed by atoms with Gasteiger partial charge in [0, 0.05) is 30.7 Å². The van der Waals surface area contributed by atoms with Crippen LogP contribution in [0, 0.1) is 6.92 Å². The fourth-order valence-electron chi connectivity index (χ4n) is 3.82. The van der Waals surface area contributed by atoms with Crippen LogP contribution in [0.3, 0.4) is 0 Å². The van der Waals surface area contributed by atoms with Crippen LogP contribution in [0.4, 0.5) is 0 Å². The Balaban J connectivity index is 1.38. The smallest absolute Gasteiger partial charge is 0.273 e. The number of aromatic nitrogens is 3. The molecule has 7 nitrogen and oxygen atoms in total. The van der Waals surface area contributed by atoms with Gasteiger partial charge in [0.2, 0.25) is 0 Å². The molecule has 0 spiro atoms. The Morgan fingerprint density at radius 3 is 2.79 bits per heavy atom. The highest BCUT2D eigenvalue weighted by atomic mass is 16.2. The van der Waals surface area contributed by atoms with Crippen LogP contribution in [0.1, 0.15) is 64.9 Å². The van der Waals surface area contributed by atoms with Gasteiger partial charge in [-0.1, -0.05) is 23.4 Å². The average Bonchev–Trinajstić information content (AvgIpc) is 3.39. The van der Waals surface area contributed by atoms with E-state index in [2.05, 4.69) is 15.6 Å². The first-order valence-corrected chi connectivity index (χ1v) is 10.2. The Labute approximate surface area is 165 Å². The lowest BCUT2D eigenvalue weighted by molar-refractivity contribution is 0.0593. The van der Waals surface area contributed by atoms with E-state index in [1.165, 1.54) is 0 Å². The minimum Gasteiger partial charge on any atom is -0.348 e. The predicted molar refractivity (Wildman–Crippen MR) is 105 cm³/mol. The summed E-state index contributed by atoms with van der Waals surface area (Å²) in [7, 11) is 0. The maximum atomic E-state index is 13.1. The summed E-state index contributed by atoms with van der Waals surface area (Å²) in [6.07, 6.45) is 7.79. The second-order valence-electron chi connectivity index (χ2n) is 7.87. The number of benzene rings is 1. The molecule has 0 unspecified atom stereocenters. The molecule has 1 aromatic heterocycles. The molecule has 1 N–H and O–H groups in total. The zero-order chi connectivity index (χ0) is 19.5. The average molecular weight is 381 g/mol. The van der Waals surface area contributed by atoms with Crippen LogP contribution in [0.2, 0.25) is 0 Å². The lowest BCUT2D eigenvalue weighted by atomic mass is 9.97. The SMILES string of the molecule is Cc1ccccc1C(=O)N1CCCC[C@@H]1CCn1cc(C(=O)NC2CC2)nn1. The molecule has 28 heavy (non-hydrogen) atoms. The van der Waals surface area contributed by atoms with Crippen molar-refractivity contribution >= 4 is 11.8 Å². The summed E-state index contributed by atoms with van der Waals surface area (Å²) in [6, 6.07) is 8.26. The van der Waals surface area contributed by atoms with Crippen molar-refractivity contribution in [2.75, 3.05) is 6.54 Å². The lowest BCUT2D eigenvalue weighted by Gasteiger charge is -2.36. The van der Waals surface area contributed by atoms with Gasteiger partial charge < -0.3 is 10.2 Å². The van der Waals surface area contributed by atoms with Gasteiger partial charge in [-0.25, -0.2) is 0 Å². The molecule has 0 radical (unpaired) electrons. The first-order valence-electron chi connectivity index (χ1n) is 10.2. The van der Waals surface area contributed by atoms with Crippen LogP contribution >= 0.6 is 0 Å². The lowest BCUT2D eigenvalue weighted by Crippen LogP contribution is -2.44. The third-order valence-electron chi connectivity index (χ3n) is 5.64. The molecule has 1 atom stereocenters. The van der Waals surface area contributed by atoms with Crippen molar-refractivity contribution in [1.82, 2.24) is 25.2 Å². The van der Waals surface area contributed by atoms with Gasteiger partial charge in [0.05, 0.1) is 6.20 Å². The third-order valence-corrected chi connectivity index (χ3v) is 5.64. The maximum absolute atomic E-state index is 13.1. The first kappa shape index (κ1) is 18.7. The van der Waals surface area contributed by atoms with Crippen molar-refractivity contribution < 1.29 is 9.59 Å². The molecule has 1 saturated heterocycles. The number of amides is 2. The summed E-state index contributed by atoms with van der Waals surface area (Å²) in [5.74, 6) is -0.0336. The van der Waals surface area contributed by atoms with Gasteiger partial charge in [0.25, 0.3) is 11.8 Å². The van der Waals surface area contributed by atoms with Crippen LogP contribution in [-0.4, -0.2) is 50.3 Å². The Kier molecular flexibility index (Phi) is 5.41. The van der Waals surface area contributed by atoms with E-state index in [9.17, 15) is 9.59 Å². The monoisotopic (exact) mass is 381 g/mol. The summed E-state index contributed by atoms with van der Waals surface area (Å²) < 4.78 is 1.72. The van der Waals surface area contributed by atoms with Gasteiger partial charge in [-0.2, -0.15) is 0 Å². The van der Waals surface area contributed by atoms with E-state index in [1.807, 2.05) is 36.1 Å². The van der Waals surface area contributed by atoms with Crippen molar-refractivity contribution in [3.05, 3.63) is 47.3 Å². The molecule has 1 aromatic carbocycles. The van der Waals surface area contributed by atoms with Gasteiger partial charge in [-0.15, -0.1) is 5.10 Å². The van der Waals surface area contributed by atoms with Crippen molar-refractivity contribution in [2.24, 2.45) is 0 Å². The summed E-state index contributed by atoms with van der Waals surface area (Å²) in [5.41, 5.74) is 2.16. The van der Waals surface area contributed by atoms with Crippen molar-refractivity contribution in [3.8, 4) is 0 Å². The van der Waals surface area contributed by atoms with E-state index < -0.39 is 0 Å². The number of hydrogen-bond acceptors (Lipinski definition) is 4. The summed E-state index contributed by atoms with van der Waals surface area (Å²) in [5, 5.41) is 11.0. The minimum absolute atomic E-state index is 0.117. The molecular formula is C21H27N5O2.